The van der Waals surface area contributed by atoms with E-state index in [-0.39, 0.29) is 23.3 Å². The van der Waals surface area contributed by atoms with Crippen molar-refractivity contribution in [3.63, 3.8) is 0 Å². The first-order chi connectivity index (χ1) is 11.1. The van der Waals surface area contributed by atoms with Crippen molar-refractivity contribution >= 4 is 0 Å². The molecule has 4 heteroatoms. The standard InChI is InChI=1S/C19H23NO3/c1-2-9-20-10-8-18-15-4-3-7-19(18,22)14(20)11-12-5-6-13(21)17(23-15)16(12)18/h2,5-6,14-15,21-22H,1,3-4,7-11H2/t14-,15+,18-,19-/m0/s1. The van der Waals surface area contributed by atoms with Crippen molar-refractivity contribution < 1.29 is 14.9 Å². The zero-order valence-corrected chi connectivity index (χ0v) is 13.3. The number of phenolic OH excluding ortho intramolecular Hbond substituents is 1. The first-order valence-electron chi connectivity index (χ1n) is 8.71. The third kappa shape index (κ3) is 1.41. The van der Waals surface area contributed by atoms with Gasteiger partial charge in [0, 0.05) is 18.2 Å². The van der Waals surface area contributed by atoms with Gasteiger partial charge in [0.05, 0.1) is 11.0 Å². The molecule has 4 aliphatic rings. The van der Waals surface area contributed by atoms with Crippen molar-refractivity contribution in [2.45, 2.75) is 55.3 Å². The summed E-state index contributed by atoms with van der Waals surface area (Å²) in [4.78, 5) is 2.38. The number of phenols is 1. The molecule has 4 nitrogen and oxygen atoms in total. The van der Waals surface area contributed by atoms with Crippen molar-refractivity contribution in [1.82, 2.24) is 4.90 Å². The fourth-order valence-corrected chi connectivity index (χ4v) is 6.01. The molecule has 0 amide bonds. The number of hydrogen-bond donors (Lipinski definition) is 2. The minimum absolute atomic E-state index is 0.00280. The van der Waals surface area contributed by atoms with Crippen LogP contribution in [0.15, 0.2) is 24.8 Å². The average Bonchev–Trinajstić information content (AvgIpc) is 2.87. The Bertz CT molecular complexity index is 702. The number of likely N-dealkylation sites (tertiary alicyclic amines) is 1. The lowest BCUT2D eigenvalue weighted by Gasteiger charge is -2.63. The minimum atomic E-state index is -0.761. The SMILES string of the molecule is C=CCN1CC[C@@]23c4c5ccc(O)c4O[C@@H]2CCC[C@]3(O)[C@@H]1C5. The molecular formula is C19H23NO3. The predicted molar refractivity (Wildman–Crippen MR) is 86.9 cm³/mol. The second kappa shape index (κ2) is 4.31. The summed E-state index contributed by atoms with van der Waals surface area (Å²) in [5, 5.41) is 22.2. The summed E-state index contributed by atoms with van der Waals surface area (Å²) in [6, 6.07) is 3.89. The topological polar surface area (TPSA) is 52.9 Å². The minimum Gasteiger partial charge on any atom is -0.504 e. The Labute approximate surface area is 136 Å². The van der Waals surface area contributed by atoms with Crippen LogP contribution in [-0.4, -0.2) is 45.9 Å². The Balaban J connectivity index is 1.78. The predicted octanol–water partition coefficient (Wildman–Crippen LogP) is 2.12. The van der Waals surface area contributed by atoms with E-state index >= 15 is 0 Å². The summed E-state index contributed by atoms with van der Waals surface area (Å²) in [7, 11) is 0. The maximum Gasteiger partial charge on any atom is 0.165 e. The largest absolute Gasteiger partial charge is 0.504 e. The zero-order valence-electron chi connectivity index (χ0n) is 13.3. The van der Waals surface area contributed by atoms with Gasteiger partial charge >= 0.3 is 0 Å². The van der Waals surface area contributed by atoms with Crippen LogP contribution in [0.25, 0.3) is 0 Å². The molecule has 0 unspecified atom stereocenters. The van der Waals surface area contributed by atoms with Gasteiger partial charge in [0.15, 0.2) is 11.5 Å². The lowest BCUT2D eigenvalue weighted by molar-refractivity contribution is -0.183. The molecular weight excluding hydrogens is 290 g/mol. The zero-order chi connectivity index (χ0) is 15.8. The Morgan fingerprint density at radius 3 is 3.09 bits per heavy atom. The number of aliphatic hydroxyl groups is 1. The Morgan fingerprint density at radius 2 is 2.26 bits per heavy atom. The van der Waals surface area contributed by atoms with Gasteiger partial charge in [-0.1, -0.05) is 12.1 Å². The molecule has 1 saturated carbocycles. The van der Waals surface area contributed by atoms with E-state index in [1.54, 1.807) is 6.07 Å². The van der Waals surface area contributed by atoms with Crippen LogP contribution in [0.1, 0.15) is 36.8 Å². The number of piperidine rings is 1. The summed E-state index contributed by atoms with van der Waals surface area (Å²) < 4.78 is 6.22. The molecule has 2 N–H and O–H groups in total. The van der Waals surface area contributed by atoms with Crippen molar-refractivity contribution in [1.29, 1.82) is 0 Å². The highest BCUT2D eigenvalue weighted by Gasteiger charge is 2.70. The first kappa shape index (κ1) is 13.9. The van der Waals surface area contributed by atoms with E-state index in [2.05, 4.69) is 11.5 Å². The second-order valence-electron chi connectivity index (χ2n) is 7.60. The van der Waals surface area contributed by atoms with Gasteiger partial charge in [-0.05, 0) is 50.3 Å². The normalized spacial score (nSPS) is 40.4. The third-order valence-corrected chi connectivity index (χ3v) is 6.84. The molecule has 2 aliphatic heterocycles. The number of aromatic hydroxyl groups is 1. The van der Waals surface area contributed by atoms with Crippen LogP contribution >= 0.6 is 0 Å². The van der Waals surface area contributed by atoms with Crippen LogP contribution in [0.3, 0.4) is 0 Å². The van der Waals surface area contributed by atoms with Crippen LogP contribution in [0.2, 0.25) is 0 Å². The molecule has 2 aliphatic carbocycles. The number of rotatable bonds is 2. The molecule has 23 heavy (non-hydrogen) atoms. The monoisotopic (exact) mass is 313 g/mol. The van der Waals surface area contributed by atoms with Crippen LogP contribution in [0.4, 0.5) is 0 Å². The van der Waals surface area contributed by atoms with Gasteiger partial charge in [0.2, 0.25) is 0 Å². The van der Waals surface area contributed by atoms with Crippen LogP contribution in [0.5, 0.6) is 11.5 Å². The molecule has 122 valence electrons. The summed E-state index contributed by atoms with van der Waals surface area (Å²) >= 11 is 0. The smallest absolute Gasteiger partial charge is 0.165 e. The van der Waals surface area contributed by atoms with E-state index in [0.29, 0.717) is 5.75 Å². The quantitative estimate of drug-likeness (QED) is 0.821. The summed E-state index contributed by atoms with van der Waals surface area (Å²) in [6.45, 7) is 5.65. The molecule has 1 spiro atoms. The van der Waals surface area contributed by atoms with E-state index in [1.165, 1.54) is 5.56 Å². The van der Waals surface area contributed by atoms with Crippen molar-refractivity contribution in [2.24, 2.45) is 0 Å². The molecule has 5 rings (SSSR count). The van der Waals surface area contributed by atoms with Crippen LogP contribution in [-0.2, 0) is 11.8 Å². The van der Waals surface area contributed by atoms with Crippen molar-refractivity contribution in [2.75, 3.05) is 13.1 Å². The molecule has 4 atom stereocenters. The Kier molecular flexibility index (Phi) is 2.60. The second-order valence-corrected chi connectivity index (χ2v) is 7.60. The van der Waals surface area contributed by atoms with E-state index in [4.69, 9.17) is 4.74 Å². The lowest BCUT2D eigenvalue weighted by atomic mass is 9.49. The maximum absolute atomic E-state index is 11.9. The number of hydrogen-bond acceptors (Lipinski definition) is 4. The highest BCUT2D eigenvalue weighted by molar-refractivity contribution is 5.62. The average molecular weight is 313 g/mol. The van der Waals surface area contributed by atoms with Gasteiger partial charge in [0.25, 0.3) is 0 Å². The van der Waals surface area contributed by atoms with Gasteiger partial charge in [-0.15, -0.1) is 6.58 Å². The molecule has 0 radical (unpaired) electrons. The van der Waals surface area contributed by atoms with Gasteiger partial charge in [-0.25, -0.2) is 0 Å². The van der Waals surface area contributed by atoms with Gasteiger partial charge in [0.1, 0.15) is 6.10 Å². The molecule has 1 aromatic carbocycles. The fourth-order valence-electron chi connectivity index (χ4n) is 6.01. The van der Waals surface area contributed by atoms with Crippen LogP contribution in [0, 0.1) is 0 Å². The molecule has 2 bridgehead atoms. The number of benzene rings is 1. The van der Waals surface area contributed by atoms with E-state index < -0.39 is 5.60 Å². The van der Waals surface area contributed by atoms with Crippen molar-refractivity contribution in [3.05, 3.63) is 35.9 Å². The maximum atomic E-state index is 11.9. The molecule has 1 saturated heterocycles. The van der Waals surface area contributed by atoms with Gasteiger partial charge in [-0.2, -0.15) is 0 Å². The van der Waals surface area contributed by atoms with Crippen LogP contribution < -0.4 is 4.74 Å². The Hall–Kier alpha value is -1.52. The summed E-state index contributed by atoms with van der Waals surface area (Å²) in [5.74, 6) is 0.866. The first-order valence-corrected chi connectivity index (χ1v) is 8.71. The van der Waals surface area contributed by atoms with Gasteiger partial charge < -0.3 is 14.9 Å². The van der Waals surface area contributed by atoms with Crippen molar-refractivity contribution in [3.8, 4) is 11.5 Å². The van der Waals surface area contributed by atoms with Gasteiger partial charge in [-0.3, -0.25) is 4.90 Å². The number of ether oxygens (including phenoxy) is 1. The fraction of sp³-hybridized carbons (Fsp3) is 0.579. The van der Waals surface area contributed by atoms with E-state index in [0.717, 1.165) is 50.8 Å². The molecule has 1 aromatic rings. The molecule has 2 fully saturated rings. The third-order valence-electron chi connectivity index (χ3n) is 6.84. The number of nitrogens with zero attached hydrogens (tertiary/aromatic N) is 1. The lowest BCUT2D eigenvalue weighted by Crippen LogP contribution is -2.75. The highest BCUT2D eigenvalue weighted by Crippen LogP contribution is 2.65. The van der Waals surface area contributed by atoms with E-state index in [9.17, 15) is 10.2 Å². The Morgan fingerprint density at radius 1 is 1.39 bits per heavy atom. The van der Waals surface area contributed by atoms with E-state index in [1.807, 2.05) is 12.1 Å². The highest BCUT2D eigenvalue weighted by atomic mass is 16.5. The molecule has 0 aromatic heterocycles. The summed E-state index contributed by atoms with van der Waals surface area (Å²) in [6.07, 6.45) is 6.41. The summed E-state index contributed by atoms with van der Waals surface area (Å²) in [5.41, 5.74) is 1.25. The molecule has 2 heterocycles.